The number of imidazole rings is 1. The van der Waals surface area contributed by atoms with E-state index in [9.17, 15) is 14.7 Å². The topological polar surface area (TPSA) is 80.4 Å². The van der Waals surface area contributed by atoms with Crippen LogP contribution in [0.5, 0.6) is 0 Å². The lowest BCUT2D eigenvalue weighted by Gasteiger charge is -2.32. The Balaban J connectivity index is 1.82. The van der Waals surface area contributed by atoms with E-state index in [1.165, 1.54) is 0 Å². The number of nitrogens with zero attached hydrogens (tertiary/aromatic N) is 4. The van der Waals surface area contributed by atoms with Gasteiger partial charge in [0.1, 0.15) is 5.82 Å². The monoisotopic (exact) mass is 408 g/mol. The van der Waals surface area contributed by atoms with Gasteiger partial charge in [-0.05, 0) is 49.4 Å². The third-order valence-electron chi connectivity index (χ3n) is 6.02. The van der Waals surface area contributed by atoms with E-state index >= 15 is 0 Å². The maximum absolute atomic E-state index is 12.2. The molecule has 7 nitrogen and oxygen atoms in total. The molecule has 1 N–H and O–H groups in total. The highest BCUT2D eigenvalue weighted by molar-refractivity contribution is 5.81. The summed E-state index contributed by atoms with van der Waals surface area (Å²) in [6.07, 6.45) is 3.87. The highest BCUT2D eigenvalue weighted by atomic mass is 16.3. The molecule has 1 saturated heterocycles. The second-order valence-electron chi connectivity index (χ2n) is 8.33. The summed E-state index contributed by atoms with van der Waals surface area (Å²) in [5, 5.41) is 9.62. The van der Waals surface area contributed by atoms with Crippen LogP contribution >= 0.6 is 0 Å². The van der Waals surface area contributed by atoms with Gasteiger partial charge in [-0.15, -0.1) is 0 Å². The third-order valence-corrected chi connectivity index (χ3v) is 6.02. The van der Waals surface area contributed by atoms with Crippen molar-refractivity contribution in [3.05, 3.63) is 51.9 Å². The number of hydrogen-bond donors (Lipinski definition) is 1. The SMILES string of the molecule is CC(=O)N1CCC[C@H](Cn2c(-c3cc(C)c(=O)n(C)c3)nc3ccc(CO)cc32)C1. The highest BCUT2D eigenvalue weighted by Gasteiger charge is 2.24. The quantitative estimate of drug-likeness (QED) is 0.719. The molecule has 3 heterocycles. The first-order valence-corrected chi connectivity index (χ1v) is 10.4. The van der Waals surface area contributed by atoms with Crippen LogP contribution in [0.15, 0.2) is 35.3 Å². The number of aliphatic hydroxyl groups excluding tert-OH is 1. The molecule has 1 aliphatic rings. The van der Waals surface area contributed by atoms with Crippen molar-refractivity contribution in [3.8, 4) is 11.4 Å². The standard InChI is InChI=1S/C23H28N4O3/c1-15-9-19(13-25(3)23(15)30)22-24-20-7-6-17(14-28)10-21(20)27(22)12-18-5-4-8-26(11-18)16(2)29/h6-7,9-10,13,18,28H,4-5,8,11-12,14H2,1-3H3/t18-/m0/s1. The van der Waals surface area contributed by atoms with Crippen molar-refractivity contribution in [2.75, 3.05) is 13.1 Å². The first-order valence-electron chi connectivity index (χ1n) is 10.4. The van der Waals surface area contributed by atoms with Gasteiger partial charge < -0.3 is 19.1 Å². The molecule has 0 bridgehead atoms. The van der Waals surface area contributed by atoms with Crippen LogP contribution in [0.3, 0.4) is 0 Å². The third kappa shape index (κ3) is 3.77. The molecule has 4 rings (SSSR count). The lowest BCUT2D eigenvalue weighted by molar-refractivity contribution is -0.130. The van der Waals surface area contributed by atoms with Crippen molar-refractivity contribution in [1.82, 2.24) is 19.0 Å². The Kier molecular flexibility index (Phi) is 5.47. The van der Waals surface area contributed by atoms with Gasteiger partial charge in [0.2, 0.25) is 5.91 Å². The fraction of sp³-hybridized carbons (Fsp3) is 0.435. The number of rotatable bonds is 4. The predicted molar refractivity (Wildman–Crippen MR) is 116 cm³/mol. The molecule has 158 valence electrons. The molecule has 2 aromatic heterocycles. The number of aryl methyl sites for hydroxylation is 2. The van der Waals surface area contributed by atoms with Crippen LogP contribution < -0.4 is 5.56 Å². The molecule has 1 amide bonds. The molecule has 1 aromatic carbocycles. The summed E-state index contributed by atoms with van der Waals surface area (Å²) < 4.78 is 3.77. The molecule has 0 unspecified atom stereocenters. The Morgan fingerprint density at radius 2 is 2.10 bits per heavy atom. The zero-order valence-electron chi connectivity index (χ0n) is 17.8. The van der Waals surface area contributed by atoms with Crippen molar-refractivity contribution in [2.24, 2.45) is 13.0 Å². The smallest absolute Gasteiger partial charge is 0.253 e. The lowest BCUT2D eigenvalue weighted by Crippen LogP contribution is -2.39. The maximum Gasteiger partial charge on any atom is 0.253 e. The number of carbonyl (C=O) groups excluding carboxylic acids is 1. The number of pyridine rings is 1. The molecule has 0 saturated carbocycles. The molecule has 1 atom stereocenters. The van der Waals surface area contributed by atoms with E-state index in [2.05, 4.69) is 4.57 Å². The summed E-state index contributed by atoms with van der Waals surface area (Å²) in [6.45, 7) is 5.69. The Morgan fingerprint density at radius 1 is 1.30 bits per heavy atom. The van der Waals surface area contributed by atoms with Gasteiger partial charge in [-0.2, -0.15) is 0 Å². The fourth-order valence-electron chi connectivity index (χ4n) is 4.43. The van der Waals surface area contributed by atoms with Gasteiger partial charge in [-0.3, -0.25) is 9.59 Å². The van der Waals surface area contributed by atoms with Crippen LogP contribution in [-0.4, -0.2) is 43.1 Å². The number of fused-ring (bicyclic) bond motifs is 1. The largest absolute Gasteiger partial charge is 0.392 e. The van der Waals surface area contributed by atoms with Crippen LogP contribution in [0.2, 0.25) is 0 Å². The first-order chi connectivity index (χ1) is 14.4. The predicted octanol–water partition coefficient (Wildman–Crippen LogP) is 2.46. The molecular formula is C23H28N4O3. The Bertz CT molecular complexity index is 1130. The van der Waals surface area contributed by atoms with Gasteiger partial charge in [-0.25, -0.2) is 4.98 Å². The van der Waals surface area contributed by atoms with E-state index < -0.39 is 0 Å². The Morgan fingerprint density at radius 3 is 2.80 bits per heavy atom. The number of carbonyl (C=O) groups is 1. The molecule has 7 heteroatoms. The molecule has 3 aromatic rings. The second kappa shape index (κ2) is 8.07. The van der Waals surface area contributed by atoms with Crippen molar-refractivity contribution < 1.29 is 9.90 Å². The van der Waals surface area contributed by atoms with E-state index in [4.69, 9.17) is 4.98 Å². The minimum Gasteiger partial charge on any atom is -0.392 e. The van der Waals surface area contributed by atoms with Crippen molar-refractivity contribution in [1.29, 1.82) is 0 Å². The van der Waals surface area contributed by atoms with Crippen LogP contribution in [0, 0.1) is 12.8 Å². The van der Waals surface area contributed by atoms with Gasteiger partial charge in [0.15, 0.2) is 0 Å². The Hall–Kier alpha value is -2.93. The minimum atomic E-state index is -0.0308. The van der Waals surface area contributed by atoms with Crippen molar-refractivity contribution in [3.63, 3.8) is 0 Å². The van der Waals surface area contributed by atoms with Crippen LogP contribution in [0.1, 0.15) is 30.9 Å². The Labute approximate surface area is 175 Å². The summed E-state index contributed by atoms with van der Waals surface area (Å²) in [5.41, 5.74) is 4.19. The van der Waals surface area contributed by atoms with Crippen LogP contribution in [0.4, 0.5) is 0 Å². The zero-order chi connectivity index (χ0) is 21.4. The van der Waals surface area contributed by atoms with Crippen LogP contribution in [0.25, 0.3) is 22.4 Å². The zero-order valence-corrected chi connectivity index (χ0v) is 17.8. The highest BCUT2D eigenvalue weighted by Crippen LogP contribution is 2.29. The number of aromatic nitrogens is 3. The second-order valence-corrected chi connectivity index (χ2v) is 8.33. The van der Waals surface area contributed by atoms with Gasteiger partial charge in [-0.1, -0.05) is 6.07 Å². The number of benzene rings is 1. The number of piperidine rings is 1. The average Bonchev–Trinajstić information content (AvgIpc) is 3.09. The summed E-state index contributed by atoms with van der Waals surface area (Å²) in [7, 11) is 1.75. The van der Waals surface area contributed by atoms with E-state index in [0.29, 0.717) is 11.5 Å². The molecule has 1 fully saturated rings. The number of hydrogen-bond acceptors (Lipinski definition) is 4. The summed E-state index contributed by atoms with van der Waals surface area (Å²) in [5.74, 6) is 1.25. The average molecular weight is 409 g/mol. The number of aliphatic hydroxyl groups is 1. The van der Waals surface area contributed by atoms with E-state index in [1.54, 1.807) is 18.5 Å². The van der Waals surface area contributed by atoms with Crippen LogP contribution in [-0.2, 0) is 25.0 Å². The summed E-state index contributed by atoms with van der Waals surface area (Å²) in [6, 6.07) is 7.67. The molecule has 30 heavy (non-hydrogen) atoms. The molecule has 0 radical (unpaired) electrons. The lowest BCUT2D eigenvalue weighted by atomic mass is 9.97. The van der Waals surface area contributed by atoms with Gasteiger partial charge in [0.05, 0.1) is 17.6 Å². The molecular weight excluding hydrogens is 380 g/mol. The molecule has 0 spiro atoms. The van der Waals surface area contributed by atoms with Gasteiger partial charge in [0.25, 0.3) is 5.56 Å². The summed E-state index contributed by atoms with van der Waals surface area (Å²) >= 11 is 0. The molecule has 0 aliphatic carbocycles. The van der Waals surface area contributed by atoms with Crippen molar-refractivity contribution in [2.45, 2.75) is 39.8 Å². The van der Waals surface area contributed by atoms with E-state index in [-0.39, 0.29) is 18.1 Å². The minimum absolute atomic E-state index is 0.0200. The van der Waals surface area contributed by atoms with Gasteiger partial charge >= 0.3 is 0 Å². The molecule has 1 aliphatic heterocycles. The fourth-order valence-corrected chi connectivity index (χ4v) is 4.43. The number of amides is 1. The van der Waals surface area contributed by atoms with E-state index in [0.717, 1.165) is 60.5 Å². The number of likely N-dealkylation sites (tertiary alicyclic amines) is 1. The van der Waals surface area contributed by atoms with Crippen molar-refractivity contribution >= 4 is 16.9 Å². The van der Waals surface area contributed by atoms with Gasteiger partial charge in [0, 0.05) is 50.9 Å². The van der Waals surface area contributed by atoms with E-state index in [1.807, 2.05) is 42.3 Å². The normalized spacial score (nSPS) is 16.9. The maximum atomic E-state index is 12.2. The first kappa shape index (κ1) is 20.3. The summed E-state index contributed by atoms with van der Waals surface area (Å²) in [4.78, 5) is 30.9.